The highest BCUT2D eigenvalue weighted by Crippen LogP contribution is 2.21. The Bertz CT molecular complexity index is 911. The number of hydrogen-bond acceptors (Lipinski definition) is 3. The van der Waals surface area contributed by atoms with E-state index in [1.807, 2.05) is 48.5 Å². The number of nitrogens with zero attached hydrogens (tertiary/aromatic N) is 2. The summed E-state index contributed by atoms with van der Waals surface area (Å²) in [5, 5.41) is 11.0. The van der Waals surface area contributed by atoms with Crippen LogP contribution in [0.15, 0.2) is 66.7 Å². The van der Waals surface area contributed by atoms with Gasteiger partial charge in [-0.15, -0.1) is 0 Å². The minimum atomic E-state index is -0.144. The average Bonchev–Trinajstić information content (AvgIpc) is 2.65. The normalized spacial score (nSPS) is 10.2. The van der Waals surface area contributed by atoms with Crippen molar-refractivity contribution < 1.29 is 9.53 Å². The summed E-state index contributed by atoms with van der Waals surface area (Å²) >= 11 is 0. The Morgan fingerprint density at radius 2 is 1.75 bits per heavy atom. The van der Waals surface area contributed by atoms with Crippen molar-refractivity contribution in [2.75, 3.05) is 18.6 Å². The second kappa shape index (κ2) is 6.84. The van der Waals surface area contributed by atoms with Gasteiger partial charge in [0.05, 0.1) is 11.6 Å². The van der Waals surface area contributed by atoms with Gasteiger partial charge in [-0.2, -0.15) is 5.26 Å². The van der Waals surface area contributed by atoms with Crippen molar-refractivity contribution in [1.29, 1.82) is 5.26 Å². The third-order valence-corrected chi connectivity index (χ3v) is 3.84. The van der Waals surface area contributed by atoms with Gasteiger partial charge in [-0.3, -0.25) is 4.79 Å². The molecule has 0 aliphatic heterocycles. The Kier molecular flexibility index (Phi) is 4.44. The molecule has 0 radical (unpaired) electrons. The number of hydrogen-bond donors (Lipinski definition) is 0. The minimum absolute atomic E-state index is 0.0603. The molecule has 3 rings (SSSR count). The number of fused-ring (bicyclic) bond motifs is 1. The lowest BCUT2D eigenvalue weighted by Crippen LogP contribution is -2.31. The summed E-state index contributed by atoms with van der Waals surface area (Å²) in [7, 11) is 1.73. The molecule has 0 saturated carbocycles. The molecule has 0 spiro atoms. The van der Waals surface area contributed by atoms with E-state index in [0.29, 0.717) is 11.3 Å². The highest BCUT2D eigenvalue weighted by Gasteiger charge is 2.12. The monoisotopic (exact) mass is 316 g/mol. The molecule has 1 amide bonds. The zero-order chi connectivity index (χ0) is 16.9. The molecule has 0 unspecified atom stereocenters. The average molecular weight is 316 g/mol. The van der Waals surface area contributed by atoms with E-state index in [-0.39, 0.29) is 12.5 Å². The molecule has 0 N–H and O–H groups in total. The van der Waals surface area contributed by atoms with Gasteiger partial charge in [-0.25, -0.2) is 0 Å². The first kappa shape index (κ1) is 15.6. The van der Waals surface area contributed by atoms with Crippen LogP contribution in [0.2, 0.25) is 0 Å². The Morgan fingerprint density at radius 1 is 1.04 bits per heavy atom. The Labute approximate surface area is 140 Å². The van der Waals surface area contributed by atoms with Crippen molar-refractivity contribution in [2.24, 2.45) is 0 Å². The summed E-state index contributed by atoms with van der Waals surface area (Å²) in [6.45, 7) is -0.0603. The van der Waals surface area contributed by atoms with Crippen molar-refractivity contribution in [3.63, 3.8) is 0 Å². The zero-order valence-corrected chi connectivity index (χ0v) is 13.3. The summed E-state index contributed by atoms with van der Waals surface area (Å²) < 4.78 is 5.50. The second-order valence-corrected chi connectivity index (χ2v) is 5.41. The Hall–Kier alpha value is -3.32. The summed E-state index contributed by atoms with van der Waals surface area (Å²) in [6, 6.07) is 22.6. The highest BCUT2D eigenvalue weighted by molar-refractivity contribution is 5.96. The van der Waals surface area contributed by atoms with Crippen LogP contribution < -0.4 is 9.64 Å². The van der Waals surface area contributed by atoms with Gasteiger partial charge in [-0.1, -0.05) is 30.3 Å². The van der Waals surface area contributed by atoms with Crippen LogP contribution in [0.25, 0.3) is 10.8 Å². The number of rotatable bonds is 4. The van der Waals surface area contributed by atoms with Gasteiger partial charge < -0.3 is 9.64 Å². The van der Waals surface area contributed by atoms with E-state index in [1.54, 1.807) is 36.2 Å². The van der Waals surface area contributed by atoms with Crippen molar-refractivity contribution in [2.45, 2.75) is 0 Å². The first-order chi connectivity index (χ1) is 11.7. The van der Waals surface area contributed by atoms with E-state index in [2.05, 4.69) is 0 Å². The second-order valence-electron chi connectivity index (χ2n) is 5.41. The number of amides is 1. The maximum Gasteiger partial charge on any atom is 0.264 e. The molecule has 118 valence electrons. The molecule has 0 bridgehead atoms. The molecule has 24 heavy (non-hydrogen) atoms. The summed E-state index contributed by atoms with van der Waals surface area (Å²) in [5.74, 6) is 0.420. The molecule has 0 fully saturated rings. The first-order valence-electron chi connectivity index (χ1n) is 7.56. The van der Waals surface area contributed by atoms with Gasteiger partial charge in [0.25, 0.3) is 5.91 Å². The molecule has 4 heteroatoms. The van der Waals surface area contributed by atoms with Crippen molar-refractivity contribution >= 4 is 22.4 Å². The smallest absolute Gasteiger partial charge is 0.264 e. The van der Waals surface area contributed by atoms with Crippen molar-refractivity contribution in [3.8, 4) is 11.8 Å². The Balaban J connectivity index is 1.67. The van der Waals surface area contributed by atoms with Gasteiger partial charge in [-0.05, 0) is 47.2 Å². The van der Waals surface area contributed by atoms with E-state index in [4.69, 9.17) is 10.00 Å². The number of likely N-dealkylation sites (N-methyl/N-ethyl adjacent to an activating group) is 1. The molecule has 3 aromatic rings. The first-order valence-corrected chi connectivity index (χ1v) is 7.56. The lowest BCUT2D eigenvalue weighted by Gasteiger charge is -2.18. The highest BCUT2D eigenvalue weighted by atomic mass is 16.5. The number of carbonyl (C=O) groups excluding carboxylic acids is 1. The number of ether oxygens (including phenoxy) is 1. The largest absolute Gasteiger partial charge is 0.484 e. The van der Waals surface area contributed by atoms with Gasteiger partial charge in [0.1, 0.15) is 5.75 Å². The lowest BCUT2D eigenvalue weighted by atomic mass is 10.1. The van der Waals surface area contributed by atoms with E-state index in [0.717, 1.165) is 16.5 Å². The van der Waals surface area contributed by atoms with Crippen LogP contribution in [0.4, 0.5) is 5.69 Å². The molecule has 0 aromatic heterocycles. The van der Waals surface area contributed by atoms with Crippen molar-refractivity contribution in [1.82, 2.24) is 0 Å². The van der Waals surface area contributed by atoms with Crippen molar-refractivity contribution in [3.05, 3.63) is 72.3 Å². The van der Waals surface area contributed by atoms with Crippen LogP contribution >= 0.6 is 0 Å². The molecule has 4 nitrogen and oxygen atoms in total. The molecule has 3 aromatic carbocycles. The maximum atomic E-state index is 12.3. The number of carbonyl (C=O) groups is 1. The standard InChI is InChI=1S/C20H16N2O2/c1-22(18-9-8-16-4-2-3-5-17(16)12-18)20(23)14-24-19-10-6-15(13-21)7-11-19/h2-12H,14H2,1H3. The van der Waals surface area contributed by atoms with Crippen LogP contribution in [0.5, 0.6) is 5.75 Å². The third-order valence-electron chi connectivity index (χ3n) is 3.84. The zero-order valence-electron chi connectivity index (χ0n) is 13.3. The van der Waals surface area contributed by atoms with E-state index < -0.39 is 0 Å². The van der Waals surface area contributed by atoms with E-state index in [9.17, 15) is 4.79 Å². The SMILES string of the molecule is CN(C(=O)COc1ccc(C#N)cc1)c1ccc2ccccc2c1. The fraction of sp³-hybridized carbons (Fsp3) is 0.100. The molecule has 0 atom stereocenters. The fourth-order valence-electron chi connectivity index (χ4n) is 2.40. The molecule has 0 heterocycles. The number of nitriles is 1. The lowest BCUT2D eigenvalue weighted by molar-refractivity contribution is -0.120. The molecular formula is C20H16N2O2. The summed E-state index contributed by atoms with van der Waals surface area (Å²) in [5.41, 5.74) is 1.38. The van der Waals surface area contributed by atoms with Gasteiger partial charge in [0.2, 0.25) is 0 Å². The predicted molar refractivity (Wildman–Crippen MR) is 94.0 cm³/mol. The van der Waals surface area contributed by atoms with E-state index >= 15 is 0 Å². The fourth-order valence-corrected chi connectivity index (χ4v) is 2.40. The molecule has 0 saturated heterocycles. The van der Waals surface area contributed by atoms with Crippen LogP contribution in [0, 0.1) is 11.3 Å². The van der Waals surface area contributed by atoms with Crippen LogP contribution in [0.3, 0.4) is 0 Å². The predicted octanol–water partition coefficient (Wildman–Crippen LogP) is 3.75. The van der Waals surface area contributed by atoms with Gasteiger partial charge in [0, 0.05) is 12.7 Å². The Morgan fingerprint density at radius 3 is 2.46 bits per heavy atom. The number of anilines is 1. The van der Waals surface area contributed by atoms with Gasteiger partial charge >= 0.3 is 0 Å². The summed E-state index contributed by atoms with van der Waals surface area (Å²) in [6.07, 6.45) is 0. The van der Waals surface area contributed by atoms with Crippen LogP contribution in [0.1, 0.15) is 5.56 Å². The van der Waals surface area contributed by atoms with Crippen LogP contribution in [-0.4, -0.2) is 19.6 Å². The quantitative estimate of drug-likeness (QED) is 0.736. The molecule has 0 aliphatic rings. The summed E-state index contributed by atoms with van der Waals surface area (Å²) in [4.78, 5) is 13.9. The third kappa shape index (κ3) is 3.36. The number of benzene rings is 3. The molecule has 0 aliphatic carbocycles. The topological polar surface area (TPSA) is 53.3 Å². The van der Waals surface area contributed by atoms with Gasteiger partial charge in [0.15, 0.2) is 6.61 Å². The minimum Gasteiger partial charge on any atom is -0.484 e. The maximum absolute atomic E-state index is 12.3. The van der Waals surface area contributed by atoms with Crippen LogP contribution in [-0.2, 0) is 4.79 Å². The van der Waals surface area contributed by atoms with E-state index in [1.165, 1.54) is 0 Å². The molecular weight excluding hydrogens is 300 g/mol.